The number of rotatable bonds is 9. The maximum Gasteiger partial charge on any atom is 0.252 e. The molecule has 0 atom stereocenters. The van der Waals surface area contributed by atoms with Gasteiger partial charge >= 0.3 is 0 Å². The largest absolute Gasteiger partial charge is 0.310 e. The van der Waals surface area contributed by atoms with Crippen LogP contribution in [0.5, 0.6) is 0 Å². The van der Waals surface area contributed by atoms with Gasteiger partial charge in [0.25, 0.3) is 6.71 Å². The molecule has 0 unspecified atom stereocenters. The molecule has 0 amide bonds. The molecule has 1 aromatic heterocycles. The van der Waals surface area contributed by atoms with E-state index < -0.39 is 0 Å². The third kappa shape index (κ3) is 10.9. The van der Waals surface area contributed by atoms with Crippen molar-refractivity contribution in [1.82, 2.24) is 4.57 Å². The Morgan fingerprint density at radius 3 is 1.02 bits per heavy atom. The van der Waals surface area contributed by atoms with E-state index in [2.05, 4.69) is 413 Å². The van der Waals surface area contributed by atoms with E-state index in [-0.39, 0.29) is 28.4 Å². The van der Waals surface area contributed by atoms with Crippen molar-refractivity contribution in [2.75, 3.05) is 9.80 Å². The molecule has 19 rings (SSSR count). The lowest BCUT2D eigenvalue weighted by Crippen LogP contribution is -2.61. The molecular weight excluding hydrogens is 1300 g/mol. The number of fused-ring (bicyclic) bond motifs is 7. The molecule has 17 aromatic rings. The van der Waals surface area contributed by atoms with Crippen molar-refractivity contribution in [1.29, 1.82) is 0 Å². The summed E-state index contributed by atoms with van der Waals surface area (Å²) < 4.78 is 2.56. The summed E-state index contributed by atoms with van der Waals surface area (Å²) in [6, 6.07) is 122. The van der Waals surface area contributed by atoms with Crippen LogP contribution in [0.25, 0.3) is 127 Å². The van der Waals surface area contributed by atoms with Crippen LogP contribution in [0.1, 0.15) is 105 Å². The molecule has 108 heavy (non-hydrogen) atoms. The molecule has 522 valence electrons. The lowest BCUT2D eigenvalue weighted by atomic mass is 9.33. The van der Waals surface area contributed by atoms with Crippen molar-refractivity contribution in [2.24, 2.45) is 0 Å². The van der Waals surface area contributed by atoms with Crippen molar-refractivity contribution in [2.45, 2.75) is 105 Å². The Bertz CT molecular complexity index is 6250. The first-order valence-corrected chi connectivity index (χ1v) is 38.6. The molecule has 2 aliphatic heterocycles. The van der Waals surface area contributed by atoms with Gasteiger partial charge in [0.1, 0.15) is 0 Å². The van der Waals surface area contributed by atoms with Crippen LogP contribution in [-0.4, -0.2) is 11.3 Å². The number of para-hydroxylation sites is 2. The highest BCUT2D eigenvalue weighted by Crippen LogP contribution is 2.56. The van der Waals surface area contributed by atoms with Crippen molar-refractivity contribution in [3.8, 4) is 72.4 Å². The lowest BCUT2D eigenvalue weighted by Gasteiger charge is -2.46. The van der Waals surface area contributed by atoms with Gasteiger partial charge in [0, 0.05) is 55.8 Å². The summed E-state index contributed by atoms with van der Waals surface area (Å²) in [5.74, 6) is 0. The third-order valence-electron chi connectivity index (χ3n) is 23.4. The van der Waals surface area contributed by atoms with E-state index in [1.807, 2.05) is 0 Å². The van der Waals surface area contributed by atoms with Gasteiger partial charge in [0.15, 0.2) is 0 Å². The van der Waals surface area contributed by atoms with Crippen molar-refractivity contribution in [3.05, 3.63) is 338 Å². The van der Waals surface area contributed by atoms with Crippen LogP contribution >= 0.6 is 0 Å². The Kier molecular flexibility index (Phi) is 15.3. The molecule has 0 saturated carbocycles. The zero-order valence-corrected chi connectivity index (χ0v) is 63.9. The Labute approximate surface area is 636 Å². The predicted octanol–water partition coefficient (Wildman–Crippen LogP) is 27.0. The summed E-state index contributed by atoms with van der Waals surface area (Å²) in [5, 5.41) is 10.2. The number of anilines is 6. The van der Waals surface area contributed by atoms with Gasteiger partial charge in [0.2, 0.25) is 0 Å². The molecule has 0 N–H and O–H groups in total. The fourth-order valence-electron chi connectivity index (χ4n) is 17.8. The summed E-state index contributed by atoms with van der Waals surface area (Å²) in [4.78, 5) is 5.47. The highest BCUT2D eigenvalue weighted by Gasteiger charge is 2.47. The SMILES string of the molecule is CC(C)(C)c1cc(-c2ccccc2)c(N2c3ccc(-c4ccccc4)cc3B3c4cc(-c5cc6cc(C(C)(C)C)cc7ccc8cc(C(C)(C)C)cc5c8c76)ccc4N(c4c(-c5ccccc5)cc(C(C)(C)C)cc4-c4ccccc4)c4cc(-n5c6ccccc6c6ccccc65)cc2c43)c(-c2ccccc2)c1. The van der Waals surface area contributed by atoms with Crippen molar-refractivity contribution < 1.29 is 0 Å². The van der Waals surface area contributed by atoms with Gasteiger partial charge in [-0.05, 0) is 210 Å². The molecule has 0 bridgehead atoms. The highest BCUT2D eigenvalue weighted by atomic mass is 15.2. The zero-order chi connectivity index (χ0) is 73.9. The molecule has 0 fully saturated rings. The molecule has 2 aliphatic rings. The molecule has 0 aliphatic carbocycles. The summed E-state index contributed by atoms with van der Waals surface area (Å²) in [5.41, 5.74) is 32.4. The van der Waals surface area contributed by atoms with Gasteiger partial charge in [-0.25, -0.2) is 0 Å². The van der Waals surface area contributed by atoms with E-state index >= 15 is 0 Å². The fraction of sp³-hybridized carbons (Fsp3) is 0.154. The number of aromatic nitrogens is 1. The number of nitrogens with zero attached hydrogens (tertiary/aromatic N) is 3. The van der Waals surface area contributed by atoms with Crippen molar-refractivity contribution >= 4 is 111 Å². The van der Waals surface area contributed by atoms with Crippen LogP contribution in [-0.2, 0) is 21.7 Å². The molecule has 3 heterocycles. The first kappa shape index (κ1) is 66.7. The van der Waals surface area contributed by atoms with Gasteiger partial charge in [-0.1, -0.05) is 326 Å². The van der Waals surface area contributed by atoms with E-state index in [0.29, 0.717) is 0 Å². The number of benzene rings is 16. The quantitative estimate of drug-likeness (QED) is 0.105. The monoisotopic (exact) mass is 1390 g/mol. The van der Waals surface area contributed by atoms with E-state index in [0.717, 1.165) is 84.2 Å². The Morgan fingerprint density at radius 1 is 0.241 bits per heavy atom. The smallest absolute Gasteiger partial charge is 0.252 e. The van der Waals surface area contributed by atoms with Gasteiger partial charge < -0.3 is 14.4 Å². The normalized spacial score (nSPS) is 13.1. The molecule has 16 aromatic carbocycles. The summed E-state index contributed by atoms with van der Waals surface area (Å²) in [6.07, 6.45) is 0. The van der Waals surface area contributed by atoms with Crippen LogP contribution in [0.2, 0.25) is 0 Å². The fourth-order valence-corrected chi connectivity index (χ4v) is 17.8. The summed E-state index contributed by atoms with van der Waals surface area (Å²) in [6.45, 7) is 28.0. The maximum absolute atomic E-state index is 2.74. The highest BCUT2D eigenvalue weighted by molar-refractivity contribution is 7.00. The second-order valence-corrected chi connectivity index (χ2v) is 34.5. The molecule has 3 nitrogen and oxygen atoms in total. The van der Waals surface area contributed by atoms with Gasteiger partial charge in [-0.2, -0.15) is 0 Å². The topological polar surface area (TPSA) is 11.4 Å². The number of hydrogen-bond donors (Lipinski definition) is 0. The van der Waals surface area contributed by atoms with Gasteiger partial charge in [-0.15, -0.1) is 0 Å². The van der Waals surface area contributed by atoms with Gasteiger partial charge in [-0.3, -0.25) is 0 Å². The Morgan fingerprint density at radius 2 is 0.593 bits per heavy atom. The van der Waals surface area contributed by atoms with E-state index in [1.54, 1.807) is 0 Å². The molecule has 4 heteroatoms. The van der Waals surface area contributed by atoms with Crippen LogP contribution in [0.3, 0.4) is 0 Å². The maximum atomic E-state index is 2.74. The molecule has 0 spiro atoms. The second kappa shape index (κ2) is 24.8. The molecule has 0 saturated heterocycles. The average molecular weight is 1390 g/mol. The summed E-state index contributed by atoms with van der Waals surface area (Å²) >= 11 is 0. The van der Waals surface area contributed by atoms with E-state index in [1.165, 1.54) is 115 Å². The summed E-state index contributed by atoms with van der Waals surface area (Å²) in [7, 11) is 0. The minimum absolute atomic E-state index is 0.0761. The van der Waals surface area contributed by atoms with Gasteiger partial charge in [0.05, 0.1) is 28.1 Å². The van der Waals surface area contributed by atoms with Crippen LogP contribution in [0.4, 0.5) is 34.1 Å². The Balaban J connectivity index is 1.03. The van der Waals surface area contributed by atoms with E-state index in [9.17, 15) is 0 Å². The first-order valence-electron chi connectivity index (χ1n) is 38.6. The minimum atomic E-state index is -0.306. The van der Waals surface area contributed by atoms with Crippen LogP contribution in [0.15, 0.2) is 315 Å². The number of hydrogen-bond acceptors (Lipinski definition) is 2. The molecule has 0 radical (unpaired) electrons. The second-order valence-electron chi connectivity index (χ2n) is 34.5. The lowest BCUT2D eigenvalue weighted by molar-refractivity contribution is 0.590. The third-order valence-corrected chi connectivity index (χ3v) is 23.4. The van der Waals surface area contributed by atoms with E-state index in [4.69, 9.17) is 0 Å². The van der Waals surface area contributed by atoms with Crippen LogP contribution in [0, 0.1) is 0 Å². The average Bonchev–Trinajstić information content (AvgIpc) is 0.822. The predicted molar refractivity (Wildman–Crippen MR) is 466 cm³/mol. The Hall–Kier alpha value is -12.0. The van der Waals surface area contributed by atoms with Crippen molar-refractivity contribution in [3.63, 3.8) is 0 Å². The first-order chi connectivity index (χ1) is 52.1. The zero-order valence-electron chi connectivity index (χ0n) is 63.9. The molecular formula is C104H88BN3. The standard InChI is InChI=1S/C104H88BN3/c1-101(2,3)75-52-72-46-47-73-53-76(102(4,5)6)62-87-82(55-74(54-75)96(72)97(73)87)71-49-51-93-89(57-71)105-88-56-70(65-32-18-13-19-33-65)48-50-92(88)107(99-83(66-34-20-14-21-35-66)58-77(103(7,8)9)59-84(99)67-36-22-15-23-37-67)94-63-79(106-90-44-30-28-42-80(90)81-43-29-31-45-91(81)106)64-95(98(94)105)108(93)100-85(68-38-24-16-25-39-68)60-78(104(10,11)12)61-86(100)69-40-26-17-27-41-69/h13-64H,1-12H3. The minimum Gasteiger partial charge on any atom is -0.310 e. The van der Waals surface area contributed by atoms with Crippen LogP contribution < -0.4 is 26.2 Å².